The molecule has 0 aliphatic heterocycles. The van der Waals surface area contributed by atoms with Gasteiger partial charge < -0.3 is 10.8 Å². The number of rotatable bonds is 2. The second-order valence-electron chi connectivity index (χ2n) is 4.77. The molecule has 0 spiro atoms. The van der Waals surface area contributed by atoms with E-state index in [0.29, 0.717) is 0 Å². The quantitative estimate of drug-likeness (QED) is 0.859. The number of nitrogens with two attached hydrogens (primary N) is 1. The first-order chi connectivity index (χ1) is 8.41. The Bertz CT molecular complexity index is 408. The van der Waals surface area contributed by atoms with Crippen LogP contribution in [0.1, 0.15) is 37.4 Å². The summed E-state index contributed by atoms with van der Waals surface area (Å²) in [6.45, 7) is 0.141. The first-order valence-electron chi connectivity index (χ1n) is 5.94. The Morgan fingerprint density at radius 1 is 1.33 bits per heavy atom. The van der Waals surface area contributed by atoms with Gasteiger partial charge in [0.2, 0.25) is 0 Å². The monoisotopic (exact) mass is 263 g/mol. The summed E-state index contributed by atoms with van der Waals surface area (Å²) in [5.74, 6) is 0.260. The molecule has 1 aliphatic carbocycles. The van der Waals surface area contributed by atoms with Crippen LogP contribution in [0.2, 0.25) is 0 Å². The van der Waals surface area contributed by atoms with E-state index >= 15 is 0 Å². The third kappa shape index (κ3) is 2.60. The predicted molar refractivity (Wildman–Crippen MR) is 59.7 cm³/mol. The van der Waals surface area contributed by atoms with Crippen LogP contribution in [0, 0.1) is 5.92 Å². The first-order valence-corrected chi connectivity index (χ1v) is 5.94. The summed E-state index contributed by atoms with van der Waals surface area (Å²) in [5.41, 5.74) is 4.01. The highest BCUT2D eigenvalue weighted by Gasteiger charge is 2.37. The van der Waals surface area contributed by atoms with Crippen molar-refractivity contribution in [3.63, 3.8) is 0 Å². The van der Waals surface area contributed by atoms with E-state index < -0.39 is 11.9 Å². The number of hydrogen-bond donors (Lipinski definition) is 2. The van der Waals surface area contributed by atoms with E-state index in [4.69, 9.17) is 10.8 Å². The van der Waals surface area contributed by atoms with Crippen molar-refractivity contribution < 1.29 is 18.3 Å². The van der Waals surface area contributed by atoms with Crippen LogP contribution in [-0.4, -0.2) is 21.5 Å². The molecular weight excluding hydrogens is 247 g/mol. The van der Waals surface area contributed by atoms with Gasteiger partial charge in [-0.25, -0.2) is 0 Å². The Morgan fingerprint density at radius 3 is 2.39 bits per heavy atom. The molecule has 7 heteroatoms. The first kappa shape index (κ1) is 13.2. The van der Waals surface area contributed by atoms with Crippen molar-refractivity contribution in [1.82, 2.24) is 9.78 Å². The summed E-state index contributed by atoms with van der Waals surface area (Å²) in [7, 11) is 0. The molecule has 0 radical (unpaired) electrons. The summed E-state index contributed by atoms with van der Waals surface area (Å²) < 4.78 is 39.0. The van der Waals surface area contributed by atoms with Crippen molar-refractivity contribution in [3.05, 3.63) is 11.9 Å². The molecule has 4 nitrogen and oxygen atoms in total. The summed E-state index contributed by atoms with van der Waals surface area (Å²) in [5, 5.41) is 12.6. The Labute approximate surface area is 103 Å². The summed E-state index contributed by atoms with van der Waals surface area (Å²) in [6.07, 6.45) is -0.178. The predicted octanol–water partition coefficient (Wildman–Crippen LogP) is 2.21. The Kier molecular flexibility index (Phi) is 3.52. The highest BCUT2D eigenvalue weighted by atomic mass is 19.4. The number of aliphatic hydroxyl groups excluding tert-OH is 1. The summed E-state index contributed by atoms with van der Waals surface area (Å²) >= 11 is 0. The third-order valence-corrected chi connectivity index (χ3v) is 3.48. The summed E-state index contributed by atoms with van der Waals surface area (Å²) in [4.78, 5) is 0. The highest BCUT2D eigenvalue weighted by molar-refractivity contribution is 5.42. The molecule has 1 heterocycles. The van der Waals surface area contributed by atoms with Gasteiger partial charge >= 0.3 is 6.18 Å². The lowest BCUT2D eigenvalue weighted by molar-refractivity contribution is -0.140. The van der Waals surface area contributed by atoms with Crippen LogP contribution in [0.25, 0.3) is 0 Å². The number of aromatic nitrogens is 2. The molecule has 0 bridgehead atoms. The maximum absolute atomic E-state index is 12.6. The van der Waals surface area contributed by atoms with Gasteiger partial charge in [0, 0.05) is 12.8 Å². The minimum Gasteiger partial charge on any atom is -0.396 e. The molecule has 2 rings (SSSR count). The lowest BCUT2D eigenvalue weighted by Crippen LogP contribution is -2.21. The second-order valence-corrected chi connectivity index (χ2v) is 4.77. The zero-order chi connectivity index (χ0) is 13.3. The maximum atomic E-state index is 12.6. The molecule has 0 aromatic carbocycles. The molecule has 0 unspecified atom stereocenters. The molecule has 0 saturated heterocycles. The Balaban J connectivity index is 2.11. The number of nitrogen functional groups attached to an aromatic ring is 1. The van der Waals surface area contributed by atoms with Gasteiger partial charge in [-0.15, -0.1) is 0 Å². The Morgan fingerprint density at radius 2 is 1.94 bits per heavy atom. The van der Waals surface area contributed by atoms with E-state index in [9.17, 15) is 13.2 Å². The molecule has 18 heavy (non-hydrogen) atoms. The fourth-order valence-corrected chi connectivity index (χ4v) is 2.41. The van der Waals surface area contributed by atoms with Gasteiger partial charge in [0.15, 0.2) is 5.69 Å². The minimum absolute atomic E-state index is 0.0498. The van der Waals surface area contributed by atoms with Crippen LogP contribution in [0.4, 0.5) is 18.9 Å². The van der Waals surface area contributed by atoms with Gasteiger partial charge in [-0.1, -0.05) is 0 Å². The van der Waals surface area contributed by atoms with E-state index in [1.54, 1.807) is 0 Å². The van der Waals surface area contributed by atoms with E-state index in [1.807, 2.05) is 0 Å². The maximum Gasteiger partial charge on any atom is 0.437 e. The molecule has 102 valence electrons. The topological polar surface area (TPSA) is 64.1 Å². The van der Waals surface area contributed by atoms with Crippen LogP contribution in [-0.2, 0) is 6.18 Å². The fourth-order valence-electron chi connectivity index (χ4n) is 2.41. The smallest absolute Gasteiger partial charge is 0.396 e. The van der Waals surface area contributed by atoms with Gasteiger partial charge in [0.25, 0.3) is 0 Å². The number of halogens is 3. The van der Waals surface area contributed by atoms with E-state index in [2.05, 4.69) is 5.10 Å². The second kappa shape index (κ2) is 4.79. The zero-order valence-electron chi connectivity index (χ0n) is 9.82. The lowest BCUT2D eigenvalue weighted by Gasteiger charge is -2.27. The van der Waals surface area contributed by atoms with E-state index in [1.165, 1.54) is 10.9 Å². The average molecular weight is 263 g/mol. The molecule has 1 aromatic rings. The number of hydrogen-bond acceptors (Lipinski definition) is 3. The molecular formula is C11H16F3N3O. The third-order valence-electron chi connectivity index (χ3n) is 3.48. The lowest BCUT2D eigenvalue weighted by atomic mass is 9.87. The van der Waals surface area contributed by atoms with E-state index in [-0.39, 0.29) is 24.3 Å². The van der Waals surface area contributed by atoms with Gasteiger partial charge in [0.05, 0.1) is 11.7 Å². The molecule has 1 fully saturated rings. The van der Waals surface area contributed by atoms with Crippen LogP contribution in [0.15, 0.2) is 6.20 Å². The standard InChI is InChI=1S/C11H16F3N3O/c12-11(13,14)10-9(15)5-17(16-10)8-3-1-7(6-18)2-4-8/h5,7-8,18H,1-4,6,15H2. The molecule has 1 aromatic heterocycles. The molecule has 1 saturated carbocycles. The summed E-state index contributed by atoms with van der Waals surface area (Å²) in [6, 6.07) is -0.0498. The number of alkyl halides is 3. The van der Waals surface area contributed by atoms with Crippen molar-refractivity contribution in [2.45, 2.75) is 37.9 Å². The highest BCUT2D eigenvalue weighted by Crippen LogP contribution is 2.36. The molecule has 1 aliphatic rings. The fraction of sp³-hybridized carbons (Fsp3) is 0.727. The van der Waals surface area contributed by atoms with E-state index in [0.717, 1.165) is 25.7 Å². The molecule has 0 atom stereocenters. The van der Waals surface area contributed by atoms with Gasteiger partial charge in [-0.05, 0) is 31.6 Å². The average Bonchev–Trinajstić information content (AvgIpc) is 2.71. The van der Waals surface area contributed by atoms with Crippen LogP contribution in [0.5, 0.6) is 0 Å². The van der Waals surface area contributed by atoms with Crippen LogP contribution >= 0.6 is 0 Å². The SMILES string of the molecule is Nc1cn(C2CCC(CO)CC2)nc1C(F)(F)F. The zero-order valence-corrected chi connectivity index (χ0v) is 9.82. The van der Waals surface area contributed by atoms with Crippen molar-refractivity contribution in [2.75, 3.05) is 12.3 Å². The van der Waals surface area contributed by atoms with Crippen LogP contribution in [0.3, 0.4) is 0 Å². The van der Waals surface area contributed by atoms with Crippen molar-refractivity contribution >= 4 is 5.69 Å². The van der Waals surface area contributed by atoms with Crippen molar-refractivity contribution in [2.24, 2.45) is 5.92 Å². The van der Waals surface area contributed by atoms with Crippen molar-refractivity contribution in [3.8, 4) is 0 Å². The Hall–Kier alpha value is -1.24. The largest absolute Gasteiger partial charge is 0.437 e. The number of nitrogens with zero attached hydrogens (tertiary/aromatic N) is 2. The number of aliphatic hydroxyl groups is 1. The van der Waals surface area contributed by atoms with Gasteiger partial charge in [-0.2, -0.15) is 18.3 Å². The van der Waals surface area contributed by atoms with Crippen molar-refractivity contribution in [1.29, 1.82) is 0 Å². The van der Waals surface area contributed by atoms with Gasteiger partial charge in [0.1, 0.15) is 0 Å². The number of anilines is 1. The van der Waals surface area contributed by atoms with Crippen LogP contribution < -0.4 is 5.73 Å². The molecule has 0 amide bonds. The van der Waals surface area contributed by atoms with Gasteiger partial charge in [-0.3, -0.25) is 4.68 Å². The minimum atomic E-state index is -4.50. The normalized spacial score (nSPS) is 25.3. The molecule has 3 N–H and O–H groups in total.